The maximum atomic E-state index is 13.8. The summed E-state index contributed by atoms with van der Waals surface area (Å²) in [6.45, 7) is 3.16. The van der Waals surface area contributed by atoms with Crippen molar-refractivity contribution in [1.82, 2.24) is 9.62 Å². The van der Waals surface area contributed by atoms with Crippen LogP contribution >= 0.6 is 11.6 Å². The summed E-state index contributed by atoms with van der Waals surface area (Å²) in [7, 11) is -3.79. The molecule has 3 aromatic rings. The number of carbonyl (C=O) groups is 2. The number of benzene rings is 3. The molecule has 222 valence electrons. The van der Waals surface area contributed by atoms with E-state index in [1.54, 1.807) is 29.2 Å². The van der Waals surface area contributed by atoms with Crippen molar-refractivity contribution in [3.8, 4) is 11.5 Å². The number of amides is 2. The largest absolute Gasteiger partial charge is 0.492 e. The Morgan fingerprint density at radius 3 is 2.45 bits per heavy atom. The third-order valence-electron chi connectivity index (χ3n) is 7.53. The number of ether oxygens (including phenoxy) is 2. The summed E-state index contributed by atoms with van der Waals surface area (Å²) in [5, 5.41) is 3.16. The van der Waals surface area contributed by atoms with E-state index in [4.69, 9.17) is 21.1 Å². The smallest absolute Gasteiger partial charge is 0.262 e. The molecule has 0 spiro atoms. The minimum absolute atomic E-state index is 0.0796. The van der Waals surface area contributed by atoms with Gasteiger partial charge in [-0.1, -0.05) is 54.1 Å². The fourth-order valence-corrected chi connectivity index (χ4v) is 7.09. The van der Waals surface area contributed by atoms with Crippen LogP contribution in [0.25, 0.3) is 0 Å². The van der Waals surface area contributed by atoms with E-state index in [0.29, 0.717) is 49.6 Å². The van der Waals surface area contributed by atoms with Gasteiger partial charge in [-0.3, -0.25) is 9.59 Å². The lowest BCUT2D eigenvalue weighted by Crippen LogP contribution is -2.53. The van der Waals surface area contributed by atoms with Crippen molar-refractivity contribution in [2.75, 3.05) is 37.7 Å². The number of anilines is 1. The van der Waals surface area contributed by atoms with Crippen LogP contribution in [0.3, 0.4) is 0 Å². The molecule has 1 atom stereocenters. The molecular formula is C31H34ClN3O6S. The number of piperidine rings is 1. The molecule has 9 nitrogen and oxygen atoms in total. The second-order valence-corrected chi connectivity index (χ2v) is 12.6. The van der Waals surface area contributed by atoms with Crippen molar-refractivity contribution >= 4 is 39.1 Å². The van der Waals surface area contributed by atoms with Gasteiger partial charge in [0, 0.05) is 25.6 Å². The number of rotatable bonds is 9. The van der Waals surface area contributed by atoms with Crippen molar-refractivity contribution in [3.63, 3.8) is 0 Å². The predicted octanol–water partition coefficient (Wildman–Crippen LogP) is 4.29. The lowest BCUT2D eigenvalue weighted by atomic mass is 9.95. The molecule has 2 aliphatic heterocycles. The number of hydrogen-bond acceptors (Lipinski definition) is 6. The average molecular weight is 612 g/mol. The third-order valence-corrected chi connectivity index (χ3v) is 9.72. The normalized spacial score (nSPS) is 17.7. The van der Waals surface area contributed by atoms with Crippen molar-refractivity contribution in [3.05, 3.63) is 83.4 Å². The van der Waals surface area contributed by atoms with Crippen LogP contribution in [0.1, 0.15) is 25.3 Å². The summed E-state index contributed by atoms with van der Waals surface area (Å²) in [5.74, 6) is 0.0690. The highest BCUT2D eigenvalue weighted by molar-refractivity contribution is 7.89. The Kier molecular flexibility index (Phi) is 9.35. The van der Waals surface area contributed by atoms with Crippen LogP contribution in [0, 0.1) is 5.92 Å². The Morgan fingerprint density at radius 1 is 1.02 bits per heavy atom. The summed E-state index contributed by atoms with van der Waals surface area (Å²) in [5.41, 5.74) is 1.72. The summed E-state index contributed by atoms with van der Waals surface area (Å²) >= 11 is 6.24. The number of sulfonamides is 1. The van der Waals surface area contributed by atoms with Gasteiger partial charge in [0.25, 0.3) is 5.91 Å². The Morgan fingerprint density at radius 2 is 1.74 bits per heavy atom. The van der Waals surface area contributed by atoms with Gasteiger partial charge in [-0.05, 0) is 62.1 Å². The van der Waals surface area contributed by atoms with Gasteiger partial charge < -0.3 is 19.7 Å². The van der Waals surface area contributed by atoms with Crippen LogP contribution in [-0.4, -0.2) is 63.4 Å². The van der Waals surface area contributed by atoms with Gasteiger partial charge >= 0.3 is 0 Å². The van der Waals surface area contributed by atoms with Crippen molar-refractivity contribution < 1.29 is 27.5 Å². The van der Waals surface area contributed by atoms with Crippen LogP contribution in [0.2, 0.25) is 5.02 Å². The van der Waals surface area contributed by atoms with E-state index in [9.17, 15) is 18.0 Å². The van der Waals surface area contributed by atoms with Gasteiger partial charge in [-0.2, -0.15) is 4.31 Å². The molecule has 1 saturated heterocycles. The van der Waals surface area contributed by atoms with E-state index in [1.807, 2.05) is 43.3 Å². The first-order valence-electron chi connectivity index (χ1n) is 14.1. The number of nitrogens with one attached hydrogen (secondary N) is 1. The average Bonchev–Trinajstić information content (AvgIpc) is 3.01. The lowest BCUT2D eigenvalue weighted by molar-refractivity contribution is -0.129. The van der Waals surface area contributed by atoms with Crippen LogP contribution in [-0.2, 0) is 26.0 Å². The Bertz CT molecular complexity index is 1530. The first-order valence-corrected chi connectivity index (χ1v) is 15.9. The molecule has 0 saturated carbocycles. The van der Waals surface area contributed by atoms with E-state index in [0.717, 1.165) is 5.56 Å². The fraction of sp³-hybridized carbons (Fsp3) is 0.355. The first-order chi connectivity index (χ1) is 20.3. The second kappa shape index (κ2) is 13.1. The number of carbonyl (C=O) groups excluding carboxylic acids is 2. The van der Waals surface area contributed by atoms with Crippen LogP contribution < -0.4 is 19.7 Å². The van der Waals surface area contributed by atoms with E-state index in [2.05, 4.69) is 5.32 Å². The number of nitrogens with zero attached hydrogens (tertiary/aromatic N) is 2. The molecule has 1 fully saturated rings. The highest BCUT2D eigenvalue weighted by Gasteiger charge is 2.39. The van der Waals surface area contributed by atoms with Crippen LogP contribution in [0.15, 0.2) is 77.7 Å². The van der Waals surface area contributed by atoms with Crippen LogP contribution in [0.5, 0.6) is 11.5 Å². The molecule has 0 bridgehead atoms. The topological polar surface area (TPSA) is 105 Å². The SMILES string of the molecule is CCOc1ccc(S(=O)(=O)N2CCC(C(=O)N3C[C@@H](C(=O)NCCc4ccccc4)Oc4ccccc43)CC2)cc1Cl. The number of fused-ring (bicyclic) bond motifs is 1. The maximum absolute atomic E-state index is 13.8. The molecule has 5 rings (SSSR count). The van der Waals surface area contributed by atoms with Crippen LogP contribution in [0.4, 0.5) is 5.69 Å². The van der Waals surface area contributed by atoms with Crippen molar-refractivity contribution in [1.29, 1.82) is 0 Å². The highest BCUT2D eigenvalue weighted by Crippen LogP contribution is 2.36. The quantitative estimate of drug-likeness (QED) is 0.387. The molecule has 2 heterocycles. The van der Waals surface area contributed by atoms with Gasteiger partial charge in [0.1, 0.15) is 11.5 Å². The monoisotopic (exact) mass is 611 g/mol. The number of hydrogen-bond donors (Lipinski definition) is 1. The number of halogens is 1. The molecule has 0 aromatic heterocycles. The zero-order valence-corrected chi connectivity index (χ0v) is 24.9. The minimum atomic E-state index is -3.79. The molecular weight excluding hydrogens is 578 g/mol. The summed E-state index contributed by atoms with van der Waals surface area (Å²) in [4.78, 5) is 28.5. The Hall–Kier alpha value is -3.60. The van der Waals surface area contributed by atoms with E-state index in [-0.39, 0.29) is 41.4 Å². The van der Waals surface area contributed by atoms with E-state index < -0.39 is 22.0 Å². The Labute approximate surface area is 251 Å². The van der Waals surface area contributed by atoms with Crippen molar-refractivity contribution in [2.45, 2.75) is 37.2 Å². The van der Waals surface area contributed by atoms with Gasteiger partial charge in [0.15, 0.2) is 6.10 Å². The first kappa shape index (κ1) is 29.9. The van der Waals surface area contributed by atoms with Gasteiger partial charge in [-0.25, -0.2) is 8.42 Å². The summed E-state index contributed by atoms with van der Waals surface area (Å²) in [6, 6.07) is 21.5. The lowest BCUT2D eigenvalue weighted by Gasteiger charge is -2.38. The number of para-hydroxylation sites is 2. The van der Waals surface area contributed by atoms with Gasteiger partial charge in [0.05, 0.1) is 28.8 Å². The summed E-state index contributed by atoms with van der Waals surface area (Å²) < 4.78 is 39.4. The Balaban J connectivity index is 1.23. The molecule has 0 unspecified atom stereocenters. The molecule has 1 N–H and O–H groups in total. The highest BCUT2D eigenvalue weighted by atomic mass is 35.5. The molecule has 0 radical (unpaired) electrons. The molecule has 2 amide bonds. The zero-order valence-electron chi connectivity index (χ0n) is 23.4. The fourth-order valence-electron chi connectivity index (χ4n) is 5.30. The third kappa shape index (κ3) is 6.56. The molecule has 2 aliphatic rings. The zero-order chi connectivity index (χ0) is 29.7. The summed E-state index contributed by atoms with van der Waals surface area (Å²) in [6.07, 6.45) is 0.541. The minimum Gasteiger partial charge on any atom is -0.492 e. The molecule has 0 aliphatic carbocycles. The standard InChI is InChI=1S/C31H34ClN3O6S/c1-2-40-27-13-12-24(20-25(27)32)42(38,39)34-18-15-23(16-19-34)31(37)35-21-29(41-28-11-7-6-10-26(28)35)30(36)33-17-14-22-8-4-3-5-9-22/h3-13,20,23,29H,2,14-19,21H2,1H3,(H,33,36)/t29-/m0/s1. The maximum Gasteiger partial charge on any atom is 0.262 e. The van der Waals surface area contributed by atoms with E-state index >= 15 is 0 Å². The van der Waals surface area contributed by atoms with E-state index in [1.165, 1.54) is 16.4 Å². The second-order valence-electron chi connectivity index (χ2n) is 10.3. The van der Waals surface area contributed by atoms with Crippen molar-refractivity contribution in [2.24, 2.45) is 5.92 Å². The molecule has 42 heavy (non-hydrogen) atoms. The van der Waals surface area contributed by atoms with Gasteiger partial charge in [-0.15, -0.1) is 0 Å². The molecule has 3 aromatic carbocycles. The molecule has 11 heteroatoms. The van der Waals surface area contributed by atoms with Gasteiger partial charge in [0.2, 0.25) is 15.9 Å². The predicted molar refractivity (Wildman–Crippen MR) is 160 cm³/mol.